The van der Waals surface area contributed by atoms with Gasteiger partial charge in [0.1, 0.15) is 16.7 Å². The van der Waals surface area contributed by atoms with Crippen molar-refractivity contribution in [1.82, 2.24) is 4.98 Å². The molecule has 0 saturated carbocycles. The van der Waals surface area contributed by atoms with Crippen LogP contribution in [0.1, 0.15) is 17.2 Å². The van der Waals surface area contributed by atoms with Crippen molar-refractivity contribution in [2.45, 2.75) is 19.2 Å². The minimum atomic E-state index is 0.512. The number of nitrogens with one attached hydrogen (secondary N) is 1. The standard InChI is InChI=1S/C13H15ClN2OS/c1-9-12(5-6-13(14)16-9)15-7-10-3-4-11(17-10)8-18-2/h3-6,15H,7-8H2,1-2H3. The minimum absolute atomic E-state index is 0.512. The Kier molecular flexibility index (Phi) is 4.55. The largest absolute Gasteiger partial charge is 0.463 e. The molecular weight excluding hydrogens is 268 g/mol. The molecule has 18 heavy (non-hydrogen) atoms. The van der Waals surface area contributed by atoms with Crippen molar-refractivity contribution in [3.8, 4) is 0 Å². The molecule has 3 nitrogen and oxygen atoms in total. The first-order valence-electron chi connectivity index (χ1n) is 5.62. The van der Waals surface area contributed by atoms with Gasteiger partial charge in [0.2, 0.25) is 0 Å². The van der Waals surface area contributed by atoms with Gasteiger partial charge >= 0.3 is 0 Å². The lowest BCUT2D eigenvalue weighted by Crippen LogP contribution is -2.01. The van der Waals surface area contributed by atoms with Crippen LogP contribution in [0.2, 0.25) is 5.15 Å². The van der Waals surface area contributed by atoms with E-state index < -0.39 is 0 Å². The van der Waals surface area contributed by atoms with E-state index in [0.29, 0.717) is 11.7 Å². The number of furan rings is 1. The Hall–Kier alpha value is -1.13. The molecule has 2 aromatic heterocycles. The number of aryl methyl sites for hydroxylation is 1. The number of hydrogen-bond acceptors (Lipinski definition) is 4. The van der Waals surface area contributed by atoms with Gasteiger partial charge in [-0.25, -0.2) is 4.98 Å². The molecule has 0 aliphatic rings. The Morgan fingerprint density at radius 3 is 2.78 bits per heavy atom. The van der Waals surface area contributed by atoms with E-state index in [1.165, 1.54) is 0 Å². The van der Waals surface area contributed by atoms with Gasteiger partial charge in [-0.15, -0.1) is 0 Å². The monoisotopic (exact) mass is 282 g/mol. The second-order valence-corrected chi connectivity index (χ2v) is 5.17. The maximum absolute atomic E-state index is 5.81. The summed E-state index contributed by atoms with van der Waals surface area (Å²) in [5.41, 5.74) is 1.86. The molecule has 0 aliphatic carbocycles. The van der Waals surface area contributed by atoms with Crippen molar-refractivity contribution in [3.05, 3.63) is 46.6 Å². The van der Waals surface area contributed by atoms with E-state index in [1.54, 1.807) is 17.8 Å². The van der Waals surface area contributed by atoms with Crippen LogP contribution in [0.15, 0.2) is 28.7 Å². The van der Waals surface area contributed by atoms with Gasteiger partial charge in [-0.1, -0.05) is 11.6 Å². The Bertz CT molecular complexity index is 527. The lowest BCUT2D eigenvalue weighted by Gasteiger charge is -2.07. The van der Waals surface area contributed by atoms with Crippen molar-refractivity contribution < 1.29 is 4.42 Å². The van der Waals surface area contributed by atoms with Gasteiger partial charge < -0.3 is 9.73 Å². The zero-order valence-electron chi connectivity index (χ0n) is 10.4. The zero-order chi connectivity index (χ0) is 13.0. The average Bonchev–Trinajstić information content (AvgIpc) is 2.76. The number of rotatable bonds is 5. The Morgan fingerprint density at radius 1 is 1.28 bits per heavy atom. The number of hydrogen-bond donors (Lipinski definition) is 1. The lowest BCUT2D eigenvalue weighted by atomic mass is 10.3. The second kappa shape index (κ2) is 6.16. The molecule has 2 aromatic rings. The molecule has 0 spiro atoms. The smallest absolute Gasteiger partial charge is 0.129 e. The number of thioether (sulfide) groups is 1. The summed E-state index contributed by atoms with van der Waals surface area (Å²) < 4.78 is 5.68. The summed E-state index contributed by atoms with van der Waals surface area (Å²) in [6, 6.07) is 7.71. The fourth-order valence-corrected chi connectivity index (χ4v) is 2.27. The van der Waals surface area contributed by atoms with Gasteiger partial charge in [-0.3, -0.25) is 0 Å². The first kappa shape index (κ1) is 13.3. The van der Waals surface area contributed by atoms with Crippen molar-refractivity contribution in [3.63, 3.8) is 0 Å². The molecule has 0 radical (unpaired) electrons. The average molecular weight is 283 g/mol. The van der Waals surface area contributed by atoms with E-state index in [0.717, 1.165) is 28.7 Å². The Labute approximate surface area is 116 Å². The molecule has 0 saturated heterocycles. The van der Waals surface area contributed by atoms with Gasteiger partial charge in [0.25, 0.3) is 0 Å². The minimum Gasteiger partial charge on any atom is -0.463 e. The predicted molar refractivity (Wildman–Crippen MR) is 77.2 cm³/mol. The van der Waals surface area contributed by atoms with Gasteiger partial charge in [0.05, 0.1) is 23.7 Å². The molecular formula is C13H15ClN2OS. The summed E-state index contributed by atoms with van der Waals surface area (Å²) in [7, 11) is 0. The van der Waals surface area contributed by atoms with E-state index in [2.05, 4.69) is 16.6 Å². The van der Waals surface area contributed by atoms with Gasteiger partial charge in [0, 0.05) is 0 Å². The molecule has 0 atom stereocenters. The molecule has 5 heteroatoms. The van der Waals surface area contributed by atoms with Crippen LogP contribution in [-0.2, 0) is 12.3 Å². The van der Waals surface area contributed by atoms with Crippen LogP contribution in [0.3, 0.4) is 0 Å². The van der Waals surface area contributed by atoms with Crippen LogP contribution in [0.4, 0.5) is 5.69 Å². The van der Waals surface area contributed by atoms with Crippen LogP contribution in [-0.4, -0.2) is 11.2 Å². The van der Waals surface area contributed by atoms with Gasteiger partial charge in [0.15, 0.2) is 0 Å². The topological polar surface area (TPSA) is 38.1 Å². The summed E-state index contributed by atoms with van der Waals surface area (Å²) in [5.74, 6) is 2.83. The highest BCUT2D eigenvalue weighted by molar-refractivity contribution is 7.97. The highest BCUT2D eigenvalue weighted by atomic mass is 35.5. The highest BCUT2D eigenvalue weighted by Crippen LogP contribution is 2.18. The molecule has 2 heterocycles. The summed E-state index contributed by atoms with van der Waals surface area (Å²) in [6.07, 6.45) is 2.06. The maximum Gasteiger partial charge on any atom is 0.129 e. The third-order valence-electron chi connectivity index (χ3n) is 2.51. The molecule has 0 aliphatic heterocycles. The van der Waals surface area contributed by atoms with Crippen molar-refractivity contribution in [2.75, 3.05) is 11.6 Å². The summed E-state index contributed by atoms with van der Waals surface area (Å²) >= 11 is 7.56. The third kappa shape index (κ3) is 3.43. The van der Waals surface area contributed by atoms with Crippen LogP contribution < -0.4 is 5.32 Å². The fourth-order valence-electron chi connectivity index (χ4n) is 1.64. The predicted octanol–water partition coefficient (Wildman–Crippen LogP) is 4.11. The third-order valence-corrected chi connectivity index (χ3v) is 3.29. The summed E-state index contributed by atoms with van der Waals surface area (Å²) in [4.78, 5) is 4.19. The van der Waals surface area contributed by atoms with Gasteiger partial charge in [-0.05, 0) is 37.4 Å². The maximum atomic E-state index is 5.81. The molecule has 2 rings (SSSR count). The molecule has 0 unspecified atom stereocenters. The second-order valence-electron chi connectivity index (χ2n) is 3.92. The first-order chi connectivity index (χ1) is 8.69. The van der Waals surface area contributed by atoms with E-state index in [-0.39, 0.29) is 0 Å². The molecule has 0 amide bonds. The SMILES string of the molecule is CSCc1ccc(CNc2ccc(Cl)nc2C)o1. The summed E-state index contributed by atoms with van der Waals surface area (Å²) in [5, 5.41) is 3.80. The van der Waals surface area contributed by atoms with E-state index in [4.69, 9.17) is 16.0 Å². The number of nitrogens with zero attached hydrogens (tertiary/aromatic N) is 1. The first-order valence-corrected chi connectivity index (χ1v) is 7.40. The highest BCUT2D eigenvalue weighted by Gasteiger charge is 2.04. The molecule has 1 N–H and O–H groups in total. The van der Waals surface area contributed by atoms with Crippen LogP contribution in [0.25, 0.3) is 0 Å². The van der Waals surface area contributed by atoms with E-state index in [1.807, 2.05) is 25.1 Å². The van der Waals surface area contributed by atoms with Crippen LogP contribution in [0.5, 0.6) is 0 Å². The fraction of sp³-hybridized carbons (Fsp3) is 0.308. The van der Waals surface area contributed by atoms with Crippen LogP contribution in [0, 0.1) is 6.92 Å². The van der Waals surface area contributed by atoms with Crippen LogP contribution >= 0.6 is 23.4 Å². The molecule has 0 bridgehead atoms. The molecule has 96 valence electrons. The van der Waals surface area contributed by atoms with Crippen molar-refractivity contribution in [1.29, 1.82) is 0 Å². The number of halogens is 1. The Balaban J connectivity index is 1.97. The quantitative estimate of drug-likeness (QED) is 0.838. The Morgan fingerprint density at radius 2 is 2.06 bits per heavy atom. The number of anilines is 1. The summed E-state index contributed by atoms with van der Waals surface area (Å²) in [6.45, 7) is 2.58. The zero-order valence-corrected chi connectivity index (χ0v) is 11.9. The van der Waals surface area contributed by atoms with E-state index >= 15 is 0 Å². The lowest BCUT2D eigenvalue weighted by molar-refractivity contribution is 0.487. The van der Waals surface area contributed by atoms with Gasteiger partial charge in [-0.2, -0.15) is 11.8 Å². The van der Waals surface area contributed by atoms with Crippen molar-refractivity contribution in [2.24, 2.45) is 0 Å². The number of pyridine rings is 1. The molecule has 0 aromatic carbocycles. The van der Waals surface area contributed by atoms with Crippen molar-refractivity contribution >= 4 is 29.1 Å². The normalized spacial score (nSPS) is 10.6. The number of aromatic nitrogens is 1. The van der Waals surface area contributed by atoms with E-state index in [9.17, 15) is 0 Å². The molecule has 0 fully saturated rings.